The lowest BCUT2D eigenvalue weighted by Crippen LogP contribution is -2.32. The van der Waals surface area contributed by atoms with E-state index in [1.54, 1.807) is 36.5 Å². The Labute approximate surface area is 421 Å². The van der Waals surface area contributed by atoms with Gasteiger partial charge in [0.2, 0.25) is 0 Å². The van der Waals surface area contributed by atoms with Crippen molar-refractivity contribution < 1.29 is 63.2 Å². The zero-order valence-electron chi connectivity index (χ0n) is 41.9. The topological polar surface area (TPSA) is 183 Å². The van der Waals surface area contributed by atoms with Gasteiger partial charge in [0.05, 0.1) is 68.1 Å². The van der Waals surface area contributed by atoms with E-state index in [-0.39, 0.29) is 55.3 Å². The summed E-state index contributed by atoms with van der Waals surface area (Å²) in [4.78, 5) is 25.1. The molecule has 0 aromatic rings. The third kappa shape index (κ3) is 20.6. The highest BCUT2D eigenvalue weighted by Crippen LogP contribution is 2.34. The Hall–Kier alpha value is -4.28. The molecule has 0 spiro atoms. The standard InChI is InChI=1S/C29H40O7.C29H40O6/c1-19-6-3-7-21-8-4-9-22(34-21)10-5-11-28(32)35-26(18-27-29(36-27)25(31)17-19)24(30)13-12-23-16-20(2)14-15-33-23;1-21-7-3-9-24-10-5-11-25(34-24)12-6-14-29(32)35-28(13-4-8-23(30)19-21)27(31)16-15-26-20-22(2)17-18-33-26/h4-5,9,11-14,21-27,29-31H,1,3,6-8,10,15-18H2,2H3;4-6,8,11,14-17,23-28,30-31H,1,3,7,9-10,12-13,18-20H2,2H3/b11-5-,13-12+;8-4-,14-6-,16-15+/t21-,22+,23-,24+,25+,26+,27-,29+;23-,24-,25+,26-,27+,28+/m11/s1. The van der Waals surface area contributed by atoms with Gasteiger partial charge < -0.3 is 53.6 Å². The number of rotatable bonds is 6. The first kappa shape index (κ1) is 56.0. The predicted molar refractivity (Wildman–Crippen MR) is 273 cm³/mol. The molecule has 0 aromatic heterocycles. The largest absolute Gasteiger partial charge is 0.456 e. The molecule has 71 heavy (non-hydrogen) atoms. The summed E-state index contributed by atoms with van der Waals surface area (Å²) in [6.45, 7) is 13.5. The van der Waals surface area contributed by atoms with Gasteiger partial charge >= 0.3 is 11.9 Å². The van der Waals surface area contributed by atoms with E-state index in [9.17, 15) is 30.0 Å². The van der Waals surface area contributed by atoms with E-state index in [4.69, 9.17) is 33.2 Å². The minimum absolute atomic E-state index is 0.0676. The van der Waals surface area contributed by atoms with Crippen LogP contribution in [-0.2, 0) is 42.7 Å². The number of hydrogen-bond donors (Lipinski definition) is 4. The average molecular weight is 985 g/mol. The maximum Gasteiger partial charge on any atom is 0.330 e. The number of hydrogen-bond acceptors (Lipinski definition) is 13. The van der Waals surface area contributed by atoms with Gasteiger partial charge in [0.1, 0.15) is 30.5 Å². The van der Waals surface area contributed by atoms with Gasteiger partial charge in [0.15, 0.2) is 0 Å². The summed E-state index contributed by atoms with van der Waals surface area (Å²) in [6.07, 6.45) is 34.8. The molecular formula is C58H80O13. The summed E-state index contributed by atoms with van der Waals surface area (Å²) in [5.74, 6) is -1.04. The van der Waals surface area contributed by atoms with E-state index in [2.05, 4.69) is 39.2 Å². The molecule has 1 saturated heterocycles. The van der Waals surface area contributed by atoms with Crippen molar-refractivity contribution in [2.75, 3.05) is 13.2 Å². The summed E-state index contributed by atoms with van der Waals surface area (Å²) in [7, 11) is 0. The van der Waals surface area contributed by atoms with Crippen LogP contribution >= 0.6 is 0 Å². The van der Waals surface area contributed by atoms with Crippen LogP contribution in [0.3, 0.4) is 0 Å². The molecule has 0 saturated carbocycles. The van der Waals surface area contributed by atoms with Crippen molar-refractivity contribution in [3.05, 3.63) is 133 Å². The molecule has 7 aliphatic rings. The zero-order chi connectivity index (χ0) is 50.5. The van der Waals surface area contributed by atoms with Crippen LogP contribution in [0, 0.1) is 0 Å². The first-order chi connectivity index (χ1) is 34.3. The summed E-state index contributed by atoms with van der Waals surface area (Å²) in [5, 5.41) is 42.7. The first-order valence-electron chi connectivity index (χ1n) is 25.9. The van der Waals surface area contributed by atoms with Crippen molar-refractivity contribution in [1.29, 1.82) is 0 Å². The van der Waals surface area contributed by atoms with E-state index in [1.807, 2.05) is 36.5 Å². The monoisotopic (exact) mass is 985 g/mol. The van der Waals surface area contributed by atoms with Gasteiger partial charge in [-0.3, -0.25) is 0 Å². The molecule has 0 aromatic carbocycles. The molecule has 7 aliphatic heterocycles. The fraction of sp³-hybridized carbons (Fsp3) is 0.586. The fourth-order valence-electron chi connectivity index (χ4n) is 9.53. The highest BCUT2D eigenvalue weighted by molar-refractivity contribution is 5.82. The van der Waals surface area contributed by atoms with Gasteiger partial charge in [0.25, 0.3) is 0 Å². The molecule has 7 rings (SSSR count). The quantitative estimate of drug-likeness (QED) is 0.113. The highest BCUT2D eigenvalue weighted by atomic mass is 16.6. The molecule has 13 heteroatoms. The third-order valence-corrected chi connectivity index (χ3v) is 13.7. The van der Waals surface area contributed by atoms with E-state index >= 15 is 0 Å². The summed E-state index contributed by atoms with van der Waals surface area (Å²) in [6, 6.07) is 0. The number of epoxide rings is 1. The maximum atomic E-state index is 12.6. The first-order valence-corrected chi connectivity index (χ1v) is 25.9. The Balaban J connectivity index is 0.000000233. The number of fused-ring (bicyclic) bond motifs is 5. The van der Waals surface area contributed by atoms with Gasteiger partial charge in [-0.2, -0.15) is 0 Å². The van der Waals surface area contributed by atoms with Crippen LogP contribution in [-0.4, -0.2) is 131 Å². The van der Waals surface area contributed by atoms with Crippen LogP contribution in [0.5, 0.6) is 0 Å². The third-order valence-electron chi connectivity index (χ3n) is 13.7. The van der Waals surface area contributed by atoms with Gasteiger partial charge in [-0.15, -0.1) is 0 Å². The van der Waals surface area contributed by atoms with Gasteiger partial charge in [0, 0.05) is 25.0 Å². The van der Waals surface area contributed by atoms with Crippen molar-refractivity contribution in [3.63, 3.8) is 0 Å². The summed E-state index contributed by atoms with van der Waals surface area (Å²) in [5.41, 5.74) is 4.48. The van der Waals surface area contributed by atoms with Crippen LogP contribution in [0.1, 0.15) is 117 Å². The van der Waals surface area contributed by atoms with Crippen molar-refractivity contribution in [3.8, 4) is 0 Å². The molecular weight excluding hydrogens is 905 g/mol. The summed E-state index contributed by atoms with van der Waals surface area (Å²) >= 11 is 0. The van der Waals surface area contributed by atoms with Gasteiger partial charge in [-0.1, -0.05) is 121 Å². The predicted octanol–water partition coefficient (Wildman–Crippen LogP) is 8.51. The lowest BCUT2D eigenvalue weighted by atomic mass is 9.97. The van der Waals surface area contributed by atoms with Crippen LogP contribution in [0.4, 0.5) is 0 Å². The van der Waals surface area contributed by atoms with E-state index in [1.165, 1.54) is 23.3 Å². The average Bonchev–Trinajstić information content (AvgIpc) is 4.11. The van der Waals surface area contributed by atoms with Crippen molar-refractivity contribution in [2.24, 2.45) is 0 Å². The lowest BCUT2D eigenvalue weighted by Gasteiger charge is -2.25. The van der Waals surface area contributed by atoms with Crippen LogP contribution in [0.25, 0.3) is 0 Å². The number of esters is 2. The van der Waals surface area contributed by atoms with E-state index < -0.39 is 48.6 Å². The van der Waals surface area contributed by atoms with Crippen LogP contribution in [0.2, 0.25) is 0 Å². The molecule has 4 N–H and O–H groups in total. The minimum atomic E-state index is -1.02. The minimum Gasteiger partial charge on any atom is -0.456 e. The highest BCUT2D eigenvalue weighted by Gasteiger charge is 2.46. The van der Waals surface area contributed by atoms with Crippen molar-refractivity contribution in [2.45, 2.75) is 202 Å². The Morgan fingerprint density at radius 2 is 1.13 bits per heavy atom. The molecule has 4 bridgehead atoms. The number of aliphatic hydroxyl groups excluding tert-OH is 4. The zero-order valence-corrected chi connectivity index (χ0v) is 41.9. The number of carbonyl (C=O) groups excluding carboxylic acids is 2. The second-order valence-electron chi connectivity index (χ2n) is 20.0. The van der Waals surface area contributed by atoms with E-state index in [0.29, 0.717) is 45.3 Å². The number of ether oxygens (including phenoxy) is 7. The molecule has 7 heterocycles. The second-order valence-corrected chi connectivity index (χ2v) is 20.0. The SMILES string of the molecule is C=C1CCC[C@@H]2CC=C[C@@H](C/C=C\C(=O)O[C@H]([C@@H](O)/C=C/[C@@H]3CC(C)=CCO3)C/C=C\[C@@H](O)C1)O2.C=C1CCC[C@@H]2CC=C[C@@H](C/C=C\C(=O)O[C@H]([C@@H](O)/C=C/[C@@H]3CC(C)=CCO3)C[C@H]3O[C@H]3[C@@H](O)C1)O2. The summed E-state index contributed by atoms with van der Waals surface area (Å²) < 4.78 is 40.6. The van der Waals surface area contributed by atoms with Crippen molar-refractivity contribution in [1.82, 2.24) is 0 Å². The van der Waals surface area contributed by atoms with Crippen molar-refractivity contribution >= 4 is 11.9 Å². The Morgan fingerprint density at radius 3 is 1.68 bits per heavy atom. The fourth-order valence-corrected chi connectivity index (χ4v) is 9.53. The van der Waals surface area contributed by atoms with Gasteiger partial charge in [-0.05, 0) is 104 Å². The molecule has 14 atom stereocenters. The second kappa shape index (κ2) is 29.4. The molecule has 0 aliphatic carbocycles. The van der Waals surface area contributed by atoms with E-state index in [0.717, 1.165) is 75.4 Å². The number of carbonyl (C=O) groups is 2. The Bertz CT molecular complexity index is 2020. The van der Waals surface area contributed by atoms with Gasteiger partial charge in [-0.25, -0.2) is 9.59 Å². The molecule has 0 radical (unpaired) electrons. The molecule has 0 amide bonds. The molecule has 1 fully saturated rings. The van der Waals surface area contributed by atoms with Crippen LogP contribution in [0.15, 0.2) is 133 Å². The number of cyclic esters (lactones) is 2. The number of aliphatic hydroxyl groups is 4. The smallest absolute Gasteiger partial charge is 0.330 e. The Morgan fingerprint density at radius 1 is 0.620 bits per heavy atom. The molecule has 13 nitrogen and oxygen atoms in total. The molecule has 390 valence electrons. The Kier molecular flexibility index (Phi) is 23.2. The normalized spacial score (nSPS) is 36.4. The molecule has 0 unspecified atom stereocenters. The van der Waals surface area contributed by atoms with Crippen LogP contribution < -0.4 is 0 Å². The maximum absolute atomic E-state index is 12.6. The lowest BCUT2D eigenvalue weighted by molar-refractivity contribution is -0.148.